The fourth-order valence-electron chi connectivity index (χ4n) is 1.95. The second-order valence-corrected chi connectivity index (χ2v) is 4.49. The largest absolute Gasteiger partial charge is 0.508 e. The van der Waals surface area contributed by atoms with Crippen LogP contribution in [-0.2, 0) is 0 Å². The number of nitrogens with zero attached hydrogens (tertiary/aromatic N) is 1. The predicted octanol–water partition coefficient (Wildman–Crippen LogP) is 2.61. The second-order valence-electron chi connectivity index (χ2n) is 4.49. The standard InChI is InChI=1S/C15H14N2O3/c16-13(10-5-7-11(18)8-6-10)9-19-15-12-3-1-2-4-14(12)20-17-15/h1-8,13,18H,9,16H2. The highest BCUT2D eigenvalue weighted by Crippen LogP contribution is 2.25. The lowest BCUT2D eigenvalue weighted by Crippen LogP contribution is -2.19. The molecule has 0 aliphatic heterocycles. The number of aromatic hydroxyl groups is 1. The number of phenolic OH excluding ortho intramolecular Hbond substituents is 1. The van der Waals surface area contributed by atoms with Crippen molar-refractivity contribution in [1.82, 2.24) is 5.16 Å². The molecule has 0 aliphatic carbocycles. The molecule has 5 nitrogen and oxygen atoms in total. The van der Waals surface area contributed by atoms with Crippen molar-refractivity contribution in [2.24, 2.45) is 5.73 Å². The molecule has 0 saturated carbocycles. The number of para-hydroxylation sites is 1. The van der Waals surface area contributed by atoms with Crippen molar-refractivity contribution in [2.45, 2.75) is 6.04 Å². The summed E-state index contributed by atoms with van der Waals surface area (Å²) in [6.45, 7) is 0.279. The van der Waals surface area contributed by atoms with Crippen LogP contribution < -0.4 is 10.5 Å². The molecule has 0 fully saturated rings. The molecule has 102 valence electrons. The summed E-state index contributed by atoms with van der Waals surface area (Å²) in [5.74, 6) is 0.652. The lowest BCUT2D eigenvalue weighted by Gasteiger charge is -2.12. The molecule has 1 aromatic heterocycles. The molecular weight excluding hydrogens is 256 g/mol. The first kappa shape index (κ1) is 12.5. The van der Waals surface area contributed by atoms with Gasteiger partial charge in [0.05, 0.1) is 11.4 Å². The molecule has 20 heavy (non-hydrogen) atoms. The van der Waals surface area contributed by atoms with Gasteiger partial charge in [-0.15, -0.1) is 0 Å². The summed E-state index contributed by atoms with van der Waals surface area (Å²) >= 11 is 0. The molecule has 0 aliphatic rings. The summed E-state index contributed by atoms with van der Waals surface area (Å²) in [5, 5.41) is 13.9. The first-order chi connectivity index (χ1) is 9.74. The fraction of sp³-hybridized carbons (Fsp3) is 0.133. The maximum Gasteiger partial charge on any atom is 0.262 e. The normalized spacial score (nSPS) is 12.4. The van der Waals surface area contributed by atoms with E-state index in [2.05, 4.69) is 5.16 Å². The van der Waals surface area contributed by atoms with E-state index in [4.69, 9.17) is 15.0 Å². The van der Waals surface area contributed by atoms with Crippen molar-refractivity contribution in [2.75, 3.05) is 6.61 Å². The van der Waals surface area contributed by atoms with Crippen LogP contribution in [-0.4, -0.2) is 16.9 Å². The summed E-state index contributed by atoms with van der Waals surface area (Å²) in [7, 11) is 0. The van der Waals surface area contributed by atoms with Gasteiger partial charge in [-0.3, -0.25) is 0 Å². The van der Waals surface area contributed by atoms with Gasteiger partial charge in [-0.05, 0) is 35.0 Å². The number of hydrogen-bond acceptors (Lipinski definition) is 5. The van der Waals surface area contributed by atoms with E-state index in [1.165, 1.54) is 0 Å². The number of phenols is 1. The highest BCUT2D eigenvalue weighted by atomic mass is 16.5. The first-order valence-electron chi connectivity index (χ1n) is 6.26. The molecule has 0 bridgehead atoms. The van der Waals surface area contributed by atoms with Crippen LogP contribution in [0.4, 0.5) is 0 Å². The average Bonchev–Trinajstić information content (AvgIpc) is 2.89. The minimum atomic E-state index is -0.300. The number of nitrogens with two attached hydrogens (primary N) is 1. The van der Waals surface area contributed by atoms with Gasteiger partial charge in [-0.2, -0.15) is 0 Å². The molecule has 3 aromatic rings. The van der Waals surface area contributed by atoms with E-state index in [1.54, 1.807) is 24.3 Å². The highest BCUT2D eigenvalue weighted by Gasteiger charge is 2.12. The molecule has 1 heterocycles. The van der Waals surface area contributed by atoms with Crippen LogP contribution in [0.1, 0.15) is 11.6 Å². The van der Waals surface area contributed by atoms with E-state index in [0.29, 0.717) is 11.5 Å². The lowest BCUT2D eigenvalue weighted by molar-refractivity contribution is 0.264. The fourth-order valence-corrected chi connectivity index (χ4v) is 1.95. The first-order valence-corrected chi connectivity index (χ1v) is 6.26. The Kier molecular flexibility index (Phi) is 3.26. The third-order valence-electron chi connectivity index (χ3n) is 3.07. The molecule has 3 N–H and O–H groups in total. The second kappa shape index (κ2) is 5.22. The minimum absolute atomic E-state index is 0.212. The summed E-state index contributed by atoms with van der Waals surface area (Å²) in [6, 6.07) is 13.9. The van der Waals surface area contributed by atoms with Gasteiger partial charge in [0, 0.05) is 0 Å². The van der Waals surface area contributed by atoms with Gasteiger partial charge in [-0.25, -0.2) is 0 Å². The molecule has 0 radical (unpaired) electrons. The van der Waals surface area contributed by atoms with Gasteiger partial charge in [-0.1, -0.05) is 24.3 Å². The van der Waals surface area contributed by atoms with Crippen LogP contribution in [0.2, 0.25) is 0 Å². The number of benzene rings is 2. The third kappa shape index (κ3) is 2.44. The van der Waals surface area contributed by atoms with Crippen molar-refractivity contribution in [3.8, 4) is 11.6 Å². The van der Waals surface area contributed by atoms with Crippen molar-refractivity contribution >= 4 is 11.0 Å². The van der Waals surface area contributed by atoms with E-state index in [0.717, 1.165) is 10.9 Å². The van der Waals surface area contributed by atoms with Crippen molar-refractivity contribution in [3.63, 3.8) is 0 Å². The van der Waals surface area contributed by atoms with E-state index in [-0.39, 0.29) is 18.4 Å². The number of fused-ring (bicyclic) bond motifs is 1. The summed E-state index contributed by atoms with van der Waals surface area (Å²) in [5.41, 5.74) is 7.61. The molecule has 3 rings (SSSR count). The van der Waals surface area contributed by atoms with E-state index in [9.17, 15) is 5.11 Å². The number of aromatic nitrogens is 1. The SMILES string of the molecule is NC(COc1noc2ccccc12)c1ccc(O)cc1. The Labute approximate surface area is 115 Å². The summed E-state index contributed by atoms with van der Waals surface area (Å²) in [6.07, 6.45) is 0. The Morgan fingerprint density at radius 2 is 1.90 bits per heavy atom. The lowest BCUT2D eigenvalue weighted by atomic mass is 10.1. The van der Waals surface area contributed by atoms with Crippen molar-refractivity contribution < 1.29 is 14.4 Å². The Bertz CT molecular complexity index is 706. The average molecular weight is 270 g/mol. The Morgan fingerprint density at radius 1 is 1.15 bits per heavy atom. The van der Waals surface area contributed by atoms with Crippen LogP contribution in [0, 0.1) is 0 Å². The molecule has 1 atom stereocenters. The zero-order valence-corrected chi connectivity index (χ0v) is 10.7. The van der Waals surface area contributed by atoms with Gasteiger partial charge in [0.2, 0.25) is 0 Å². The van der Waals surface area contributed by atoms with Crippen LogP contribution in [0.3, 0.4) is 0 Å². The van der Waals surface area contributed by atoms with E-state index < -0.39 is 0 Å². The van der Waals surface area contributed by atoms with Gasteiger partial charge in [0.15, 0.2) is 5.58 Å². The molecule has 0 amide bonds. The molecule has 5 heteroatoms. The van der Waals surface area contributed by atoms with Gasteiger partial charge in [0.25, 0.3) is 5.88 Å². The summed E-state index contributed by atoms with van der Waals surface area (Å²) in [4.78, 5) is 0. The topological polar surface area (TPSA) is 81.5 Å². The molecule has 2 aromatic carbocycles. The number of rotatable bonds is 4. The molecule has 0 spiro atoms. The predicted molar refractivity (Wildman–Crippen MR) is 74.5 cm³/mol. The Hall–Kier alpha value is -2.53. The maximum atomic E-state index is 9.24. The van der Waals surface area contributed by atoms with Crippen LogP contribution >= 0.6 is 0 Å². The Morgan fingerprint density at radius 3 is 2.70 bits per heavy atom. The third-order valence-corrected chi connectivity index (χ3v) is 3.07. The highest BCUT2D eigenvalue weighted by molar-refractivity contribution is 5.81. The molecular formula is C15H14N2O3. The van der Waals surface area contributed by atoms with Crippen molar-refractivity contribution in [1.29, 1.82) is 0 Å². The summed E-state index contributed by atoms with van der Waals surface area (Å²) < 4.78 is 10.8. The molecule has 1 unspecified atom stereocenters. The number of hydrogen-bond donors (Lipinski definition) is 2. The van der Waals surface area contributed by atoms with E-state index in [1.807, 2.05) is 24.3 Å². The van der Waals surface area contributed by atoms with Gasteiger partial charge >= 0.3 is 0 Å². The quantitative estimate of drug-likeness (QED) is 0.761. The van der Waals surface area contributed by atoms with Gasteiger partial charge in [0.1, 0.15) is 12.4 Å². The minimum Gasteiger partial charge on any atom is -0.508 e. The zero-order valence-electron chi connectivity index (χ0n) is 10.7. The monoisotopic (exact) mass is 270 g/mol. The van der Waals surface area contributed by atoms with Gasteiger partial charge < -0.3 is 20.1 Å². The molecule has 0 saturated heterocycles. The zero-order chi connectivity index (χ0) is 13.9. The van der Waals surface area contributed by atoms with E-state index >= 15 is 0 Å². The number of ether oxygens (including phenoxy) is 1. The van der Waals surface area contributed by atoms with Crippen LogP contribution in [0.5, 0.6) is 11.6 Å². The van der Waals surface area contributed by atoms with Crippen molar-refractivity contribution in [3.05, 3.63) is 54.1 Å². The smallest absolute Gasteiger partial charge is 0.262 e. The van der Waals surface area contributed by atoms with Crippen LogP contribution in [0.25, 0.3) is 11.0 Å². The maximum absolute atomic E-state index is 9.24. The van der Waals surface area contributed by atoms with Crippen LogP contribution in [0.15, 0.2) is 53.1 Å². The Balaban J connectivity index is 1.71.